The summed E-state index contributed by atoms with van der Waals surface area (Å²) in [4.78, 5) is 33.4. The number of aromatic nitrogens is 3. The van der Waals surface area contributed by atoms with Crippen molar-refractivity contribution in [3.63, 3.8) is 0 Å². The van der Waals surface area contributed by atoms with Crippen molar-refractivity contribution in [1.82, 2.24) is 14.5 Å². The van der Waals surface area contributed by atoms with Gasteiger partial charge in [0, 0.05) is 37.3 Å². The minimum absolute atomic E-state index is 0.0951. The lowest BCUT2D eigenvalue weighted by molar-refractivity contribution is -0.152. The fourth-order valence-corrected chi connectivity index (χ4v) is 3.45. The third-order valence-electron chi connectivity index (χ3n) is 5.25. The van der Waals surface area contributed by atoms with Gasteiger partial charge in [0.2, 0.25) is 0 Å². The number of ether oxygens (including phenoxy) is 2. The van der Waals surface area contributed by atoms with Crippen molar-refractivity contribution in [2.24, 2.45) is 18.9 Å². The van der Waals surface area contributed by atoms with E-state index in [1.54, 1.807) is 30.9 Å². The number of carbonyl (C=O) groups is 2. The van der Waals surface area contributed by atoms with Gasteiger partial charge >= 0.3 is 11.9 Å². The summed E-state index contributed by atoms with van der Waals surface area (Å²) in [5.41, 5.74) is 2.26. The van der Waals surface area contributed by atoms with Crippen LogP contribution in [0.3, 0.4) is 0 Å². The molecule has 162 valence electrons. The molecular formula is C24H27N3O4. The zero-order chi connectivity index (χ0) is 22.1. The van der Waals surface area contributed by atoms with Crippen LogP contribution >= 0.6 is 0 Å². The molecule has 0 aliphatic carbocycles. The molecule has 0 unspecified atom stereocenters. The third kappa shape index (κ3) is 6.25. The smallest absolute Gasteiger partial charge is 0.339 e. The Morgan fingerprint density at radius 1 is 1.03 bits per heavy atom. The number of esters is 2. The molecule has 7 heteroatoms. The summed E-state index contributed by atoms with van der Waals surface area (Å²) in [5.74, 6) is -1.42. The van der Waals surface area contributed by atoms with Crippen molar-refractivity contribution in [3.05, 3.63) is 84.2 Å². The first-order valence-electron chi connectivity index (χ1n) is 10.3. The predicted octanol–water partition coefficient (Wildman–Crippen LogP) is 3.60. The van der Waals surface area contributed by atoms with Crippen molar-refractivity contribution >= 4 is 11.9 Å². The van der Waals surface area contributed by atoms with Crippen LogP contribution in [0, 0.1) is 11.8 Å². The highest BCUT2D eigenvalue weighted by atomic mass is 16.5. The molecule has 1 aromatic carbocycles. The Bertz CT molecular complexity index is 973. The molecule has 0 spiro atoms. The fourth-order valence-electron chi connectivity index (χ4n) is 3.45. The van der Waals surface area contributed by atoms with Crippen LogP contribution in [0.15, 0.2) is 67.4 Å². The molecule has 31 heavy (non-hydrogen) atoms. The largest absolute Gasteiger partial charge is 0.462 e. The van der Waals surface area contributed by atoms with E-state index in [1.165, 1.54) is 6.20 Å². The molecule has 2 aromatic heterocycles. The number of carbonyl (C=O) groups excluding carboxylic acids is 2. The van der Waals surface area contributed by atoms with Gasteiger partial charge in [0.1, 0.15) is 6.61 Å². The quantitative estimate of drug-likeness (QED) is 0.465. The van der Waals surface area contributed by atoms with Crippen LogP contribution in [0.4, 0.5) is 0 Å². The Morgan fingerprint density at radius 2 is 1.84 bits per heavy atom. The molecule has 0 N–H and O–H groups in total. The predicted molar refractivity (Wildman–Crippen MR) is 115 cm³/mol. The normalized spacial score (nSPS) is 12.7. The molecule has 0 aliphatic heterocycles. The summed E-state index contributed by atoms with van der Waals surface area (Å²) in [6.07, 6.45) is 7.64. The van der Waals surface area contributed by atoms with E-state index in [-0.39, 0.29) is 25.1 Å². The molecular weight excluding hydrogens is 394 g/mol. The topological polar surface area (TPSA) is 83.3 Å². The Hall–Kier alpha value is -3.48. The Kier molecular flexibility index (Phi) is 7.92. The molecule has 0 radical (unpaired) electrons. The summed E-state index contributed by atoms with van der Waals surface area (Å²) < 4.78 is 13.1. The third-order valence-corrected chi connectivity index (χ3v) is 5.25. The Balaban J connectivity index is 1.70. The van der Waals surface area contributed by atoms with Gasteiger partial charge in [-0.25, -0.2) is 9.78 Å². The van der Waals surface area contributed by atoms with E-state index in [2.05, 4.69) is 9.97 Å². The van der Waals surface area contributed by atoms with E-state index in [0.29, 0.717) is 18.4 Å². The molecule has 0 amide bonds. The van der Waals surface area contributed by atoms with Gasteiger partial charge in [0.25, 0.3) is 0 Å². The molecule has 3 aromatic rings. The van der Waals surface area contributed by atoms with Crippen molar-refractivity contribution in [3.8, 4) is 0 Å². The number of hydrogen-bond donors (Lipinski definition) is 0. The van der Waals surface area contributed by atoms with Crippen molar-refractivity contribution in [2.45, 2.75) is 26.4 Å². The summed E-state index contributed by atoms with van der Waals surface area (Å²) in [6, 6.07) is 12.9. The summed E-state index contributed by atoms with van der Waals surface area (Å²) >= 11 is 0. The van der Waals surface area contributed by atoms with Crippen molar-refractivity contribution in [2.75, 3.05) is 6.61 Å². The van der Waals surface area contributed by atoms with Crippen LogP contribution in [-0.2, 0) is 34.3 Å². The number of imidazole rings is 1. The van der Waals surface area contributed by atoms with E-state index in [1.807, 2.05) is 48.9 Å². The van der Waals surface area contributed by atoms with Gasteiger partial charge in [-0.1, -0.05) is 37.3 Å². The van der Waals surface area contributed by atoms with Crippen LogP contribution in [0.5, 0.6) is 0 Å². The minimum atomic E-state index is -0.462. The van der Waals surface area contributed by atoms with Gasteiger partial charge in [-0.2, -0.15) is 0 Å². The molecule has 0 saturated heterocycles. The number of pyridine rings is 1. The van der Waals surface area contributed by atoms with E-state index in [9.17, 15) is 9.59 Å². The van der Waals surface area contributed by atoms with Crippen LogP contribution in [-0.4, -0.2) is 33.1 Å². The monoisotopic (exact) mass is 421 g/mol. The molecule has 2 atom stereocenters. The standard InChI is InChI=1S/C24H27N3O4/c1-3-22(24(29)30-15-18-8-5-4-6-9-18)20(12-21-14-26-17-27(21)2)16-31-23(28)19-10-7-11-25-13-19/h4-11,13-14,17,20,22H,3,12,15-16H2,1-2H3/t20-,22-/m0/s1. The summed E-state index contributed by atoms with van der Waals surface area (Å²) in [5, 5.41) is 0. The fraction of sp³-hybridized carbons (Fsp3) is 0.333. The zero-order valence-electron chi connectivity index (χ0n) is 17.8. The number of hydrogen-bond acceptors (Lipinski definition) is 6. The van der Waals surface area contributed by atoms with Gasteiger partial charge in [0.15, 0.2) is 0 Å². The highest BCUT2D eigenvalue weighted by Crippen LogP contribution is 2.24. The lowest BCUT2D eigenvalue weighted by Crippen LogP contribution is -2.31. The first-order valence-corrected chi connectivity index (χ1v) is 10.3. The molecule has 7 nitrogen and oxygen atoms in total. The second-order valence-corrected chi connectivity index (χ2v) is 7.41. The number of aryl methyl sites for hydroxylation is 1. The Morgan fingerprint density at radius 3 is 2.48 bits per heavy atom. The molecule has 3 rings (SSSR count). The molecule has 2 heterocycles. The van der Waals surface area contributed by atoms with Crippen molar-refractivity contribution in [1.29, 1.82) is 0 Å². The van der Waals surface area contributed by atoms with Gasteiger partial charge in [-0.05, 0) is 30.5 Å². The lowest BCUT2D eigenvalue weighted by atomic mass is 9.87. The van der Waals surface area contributed by atoms with Gasteiger partial charge in [-0.3, -0.25) is 9.78 Å². The first-order chi connectivity index (χ1) is 15.1. The maximum Gasteiger partial charge on any atom is 0.339 e. The highest BCUT2D eigenvalue weighted by molar-refractivity contribution is 5.88. The molecule has 0 aliphatic rings. The lowest BCUT2D eigenvalue weighted by Gasteiger charge is -2.25. The second kappa shape index (κ2) is 11.1. The van der Waals surface area contributed by atoms with Crippen molar-refractivity contribution < 1.29 is 19.1 Å². The van der Waals surface area contributed by atoms with Crippen LogP contribution in [0.1, 0.15) is 35.0 Å². The maximum atomic E-state index is 12.9. The van der Waals surface area contributed by atoms with E-state index >= 15 is 0 Å². The number of nitrogens with zero attached hydrogens (tertiary/aromatic N) is 3. The average Bonchev–Trinajstić information content (AvgIpc) is 3.21. The highest BCUT2D eigenvalue weighted by Gasteiger charge is 2.30. The number of benzene rings is 1. The first kappa shape index (κ1) is 22.2. The van der Waals surface area contributed by atoms with Gasteiger partial charge in [-0.15, -0.1) is 0 Å². The minimum Gasteiger partial charge on any atom is -0.462 e. The summed E-state index contributed by atoms with van der Waals surface area (Å²) in [6.45, 7) is 2.25. The van der Waals surface area contributed by atoms with Gasteiger partial charge < -0.3 is 14.0 Å². The van der Waals surface area contributed by atoms with Crippen LogP contribution < -0.4 is 0 Å². The molecule has 0 bridgehead atoms. The van der Waals surface area contributed by atoms with Crippen LogP contribution in [0.25, 0.3) is 0 Å². The van der Waals surface area contributed by atoms with Crippen LogP contribution in [0.2, 0.25) is 0 Å². The van der Waals surface area contributed by atoms with E-state index in [0.717, 1.165) is 11.3 Å². The average molecular weight is 421 g/mol. The van der Waals surface area contributed by atoms with E-state index in [4.69, 9.17) is 9.47 Å². The second-order valence-electron chi connectivity index (χ2n) is 7.41. The maximum absolute atomic E-state index is 12.9. The zero-order valence-corrected chi connectivity index (χ0v) is 17.8. The molecule has 0 fully saturated rings. The summed E-state index contributed by atoms with van der Waals surface area (Å²) in [7, 11) is 1.90. The van der Waals surface area contributed by atoms with E-state index < -0.39 is 11.9 Å². The Labute approximate surface area is 182 Å². The number of rotatable bonds is 10. The molecule has 0 saturated carbocycles. The SMILES string of the molecule is CC[C@H](C(=O)OCc1ccccc1)[C@H](COC(=O)c1cccnc1)Cc1cncn1C. The van der Waals surface area contributed by atoms with Gasteiger partial charge in [0.05, 0.1) is 24.4 Å².